The van der Waals surface area contributed by atoms with Crippen molar-refractivity contribution in [3.05, 3.63) is 88.5 Å². The van der Waals surface area contributed by atoms with Gasteiger partial charge in [0, 0.05) is 23.6 Å². The summed E-state index contributed by atoms with van der Waals surface area (Å²) in [5.41, 5.74) is 0.727. The molecular formula is C21H18N2O4. The van der Waals surface area contributed by atoms with Crippen LogP contribution in [0, 0.1) is 10.1 Å². The van der Waals surface area contributed by atoms with Gasteiger partial charge < -0.3 is 10.1 Å². The second-order valence-corrected chi connectivity index (χ2v) is 5.80. The van der Waals surface area contributed by atoms with Crippen molar-refractivity contribution in [3.8, 4) is 5.75 Å². The van der Waals surface area contributed by atoms with Gasteiger partial charge in [0.1, 0.15) is 12.4 Å². The fourth-order valence-electron chi connectivity index (χ4n) is 2.59. The predicted molar refractivity (Wildman–Crippen MR) is 105 cm³/mol. The number of nitro groups is 1. The Bertz CT molecular complexity index is 976. The van der Waals surface area contributed by atoms with Crippen molar-refractivity contribution in [3.63, 3.8) is 0 Å². The summed E-state index contributed by atoms with van der Waals surface area (Å²) in [7, 11) is 0. The SMILES string of the molecule is O=C(/C=C/c1ccc([N+](=O)[O-])cc1)NCCOc1cccc2ccccc12. The largest absolute Gasteiger partial charge is 0.491 e. The fourth-order valence-corrected chi connectivity index (χ4v) is 2.59. The highest BCUT2D eigenvalue weighted by molar-refractivity contribution is 5.91. The number of hydrogen-bond donors (Lipinski definition) is 1. The van der Waals surface area contributed by atoms with Gasteiger partial charge in [-0.15, -0.1) is 0 Å². The molecule has 0 aliphatic rings. The number of hydrogen-bond acceptors (Lipinski definition) is 4. The van der Waals surface area contributed by atoms with Gasteiger partial charge >= 0.3 is 0 Å². The van der Waals surface area contributed by atoms with Crippen LogP contribution in [0.1, 0.15) is 5.56 Å². The van der Waals surface area contributed by atoms with E-state index in [4.69, 9.17) is 4.74 Å². The molecular weight excluding hydrogens is 344 g/mol. The zero-order valence-electron chi connectivity index (χ0n) is 14.5. The number of nitrogens with one attached hydrogen (secondary N) is 1. The van der Waals surface area contributed by atoms with E-state index in [2.05, 4.69) is 5.32 Å². The molecule has 3 rings (SSSR count). The van der Waals surface area contributed by atoms with Crippen LogP contribution in [0.15, 0.2) is 72.8 Å². The molecule has 0 bridgehead atoms. The quantitative estimate of drug-likeness (QED) is 0.299. The minimum absolute atomic E-state index is 0.0159. The molecule has 0 saturated heterocycles. The van der Waals surface area contributed by atoms with Crippen molar-refractivity contribution >= 4 is 28.4 Å². The number of nitrogens with zero attached hydrogens (tertiary/aromatic N) is 1. The topological polar surface area (TPSA) is 81.5 Å². The lowest BCUT2D eigenvalue weighted by molar-refractivity contribution is -0.384. The van der Waals surface area contributed by atoms with Gasteiger partial charge in [-0.2, -0.15) is 0 Å². The number of carbonyl (C=O) groups is 1. The Balaban J connectivity index is 1.47. The molecule has 0 aromatic heterocycles. The van der Waals surface area contributed by atoms with E-state index in [-0.39, 0.29) is 11.6 Å². The van der Waals surface area contributed by atoms with Crippen LogP contribution in [0.25, 0.3) is 16.8 Å². The van der Waals surface area contributed by atoms with E-state index in [0.29, 0.717) is 18.7 Å². The van der Waals surface area contributed by atoms with E-state index in [1.807, 2.05) is 42.5 Å². The Morgan fingerprint density at radius 2 is 1.78 bits per heavy atom. The number of ether oxygens (including phenoxy) is 1. The monoisotopic (exact) mass is 362 g/mol. The molecule has 3 aromatic rings. The number of nitro benzene ring substituents is 1. The third kappa shape index (κ3) is 4.92. The Morgan fingerprint density at radius 1 is 1.04 bits per heavy atom. The Kier molecular flexibility index (Phi) is 5.79. The Morgan fingerprint density at radius 3 is 2.56 bits per heavy atom. The molecule has 1 amide bonds. The van der Waals surface area contributed by atoms with Crippen LogP contribution in [0.3, 0.4) is 0 Å². The highest BCUT2D eigenvalue weighted by Gasteiger charge is 2.03. The Hall–Kier alpha value is -3.67. The van der Waals surface area contributed by atoms with Crippen molar-refractivity contribution in [2.75, 3.05) is 13.2 Å². The summed E-state index contributed by atoms with van der Waals surface area (Å²) in [6, 6.07) is 19.8. The lowest BCUT2D eigenvalue weighted by Crippen LogP contribution is -2.26. The molecule has 0 spiro atoms. The van der Waals surface area contributed by atoms with Crippen LogP contribution in [0.2, 0.25) is 0 Å². The summed E-state index contributed by atoms with van der Waals surface area (Å²) < 4.78 is 5.77. The molecule has 0 atom stereocenters. The zero-order valence-corrected chi connectivity index (χ0v) is 14.5. The van der Waals surface area contributed by atoms with E-state index < -0.39 is 4.92 Å². The van der Waals surface area contributed by atoms with Gasteiger partial charge in [-0.1, -0.05) is 36.4 Å². The maximum atomic E-state index is 11.9. The molecule has 6 nitrogen and oxygen atoms in total. The van der Waals surface area contributed by atoms with E-state index in [0.717, 1.165) is 16.5 Å². The van der Waals surface area contributed by atoms with Crippen molar-refractivity contribution < 1.29 is 14.5 Å². The summed E-state index contributed by atoms with van der Waals surface area (Å²) in [4.78, 5) is 22.0. The second-order valence-electron chi connectivity index (χ2n) is 5.80. The summed E-state index contributed by atoms with van der Waals surface area (Å²) >= 11 is 0. The van der Waals surface area contributed by atoms with Crippen LogP contribution in [-0.2, 0) is 4.79 Å². The lowest BCUT2D eigenvalue weighted by atomic mass is 10.1. The number of non-ortho nitro benzene ring substituents is 1. The number of benzene rings is 3. The number of carbonyl (C=O) groups excluding carboxylic acids is 1. The third-order valence-corrected chi connectivity index (χ3v) is 3.94. The first-order valence-electron chi connectivity index (χ1n) is 8.44. The van der Waals surface area contributed by atoms with Gasteiger partial charge in [0.25, 0.3) is 5.69 Å². The summed E-state index contributed by atoms with van der Waals surface area (Å²) in [5.74, 6) is 0.527. The van der Waals surface area contributed by atoms with E-state index >= 15 is 0 Å². The molecule has 6 heteroatoms. The molecule has 0 saturated carbocycles. The van der Waals surface area contributed by atoms with Gasteiger partial charge in [-0.05, 0) is 35.2 Å². The number of fused-ring (bicyclic) bond motifs is 1. The van der Waals surface area contributed by atoms with Crippen molar-refractivity contribution in [2.24, 2.45) is 0 Å². The molecule has 0 heterocycles. The number of amides is 1. The van der Waals surface area contributed by atoms with Crippen LogP contribution in [0.4, 0.5) is 5.69 Å². The molecule has 0 unspecified atom stereocenters. The third-order valence-electron chi connectivity index (χ3n) is 3.94. The summed E-state index contributed by atoms with van der Waals surface area (Å²) in [6.07, 6.45) is 2.99. The van der Waals surface area contributed by atoms with Gasteiger partial charge in [0.15, 0.2) is 0 Å². The molecule has 1 N–H and O–H groups in total. The smallest absolute Gasteiger partial charge is 0.269 e. The first-order chi connectivity index (χ1) is 13.1. The molecule has 3 aromatic carbocycles. The van der Waals surface area contributed by atoms with Gasteiger partial charge in [0.05, 0.1) is 11.5 Å². The van der Waals surface area contributed by atoms with Gasteiger partial charge in [0.2, 0.25) is 5.91 Å². The lowest BCUT2D eigenvalue weighted by Gasteiger charge is -2.09. The van der Waals surface area contributed by atoms with Crippen LogP contribution >= 0.6 is 0 Å². The van der Waals surface area contributed by atoms with E-state index in [1.54, 1.807) is 18.2 Å². The predicted octanol–water partition coefficient (Wildman–Crippen LogP) is 3.96. The highest BCUT2D eigenvalue weighted by Crippen LogP contribution is 2.24. The normalized spacial score (nSPS) is 10.8. The number of rotatable bonds is 7. The molecule has 136 valence electrons. The second kappa shape index (κ2) is 8.62. The maximum Gasteiger partial charge on any atom is 0.269 e. The average Bonchev–Trinajstić information content (AvgIpc) is 2.70. The Labute approximate surface area is 156 Å². The van der Waals surface area contributed by atoms with Crippen LogP contribution in [0.5, 0.6) is 5.75 Å². The van der Waals surface area contributed by atoms with Crippen molar-refractivity contribution in [1.82, 2.24) is 5.32 Å². The van der Waals surface area contributed by atoms with Crippen molar-refractivity contribution in [1.29, 1.82) is 0 Å². The van der Waals surface area contributed by atoms with Crippen LogP contribution in [-0.4, -0.2) is 24.0 Å². The van der Waals surface area contributed by atoms with Gasteiger partial charge in [-0.25, -0.2) is 0 Å². The molecule has 27 heavy (non-hydrogen) atoms. The van der Waals surface area contributed by atoms with E-state index in [9.17, 15) is 14.9 Å². The van der Waals surface area contributed by atoms with E-state index in [1.165, 1.54) is 18.2 Å². The maximum absolute atomic E-state index is 11.9. The van der Waals surface area contributed by atoms with Crippen LogP contribution < -0.4 is 10.1 Å². The minimum Gasteiger partial charge on any atom is -0.491 e. The fraction of sp³-hybridized carbons (Fsp3) is 0.0952. The van der Waals surface area contributed by atoms with Gasteiger partial charge in [-0.3, -0.25) is 14.9 Å². The standard InChI is InChI=1S/C21H18N2O4/c24-21(13-10-16-8-11-18(12-9-16)23(25)26)22-14-15-27-20-7-3-5-17-4-1-2-6-19(17)20/h1-13H,14-15H2,(H,22,24)/b13-10+. The molecule has 0 aliphatic heterocycles. The molecule has 0 aliphatic carbocycles. The average molecular weight is 362 g/mol. The summed E-state index contributed by atoms with van der Waals surface area (Å²) in [5, 5.41) is 15.5. The molecule has 0 fully saturated rings. The first kappa shape index (κ1) is 18.1. The summed E-state index contributed by atoms with van der Waals surface area (Å²) in [6.45, 7) is 0.720. The minimum atomic E-state index is -0.462. The van der Waals surface area contributed by atoms with Crippen molar-refractivity contribution in [2.45, 2.75) is 0 Å². The zero-order chi connectivity index (χ0) is 19.1. The molecule has 0 radical (unpaired) electrons. The first-order valence-corrected chi connectivity index (χ1v) is 8.44. The highest BCUT2D eigenvalue weighted by atomic mass is 16.6.